The Labute approximate surface area is 158 Å². The first-order chi connectivity index (χ1) is 12.7. The summed E-state index contributed by atoms with van der Waals surface area (Å²) in [6.45, 7) is 3.26. The van der Waals surface area contributed by atoms with Crippen LogP contribution in [-0.2, 0) is 0 Å². The van der Waals surface area contributed by atoms with Gasteiger partial charge >= 0.3 is 0 Å². The van der Waals surface area contributed by atoms with E-state index in [0.29, 0.717) is 17.8 Å². The number of fused-ring (bicyclic) bond motifs is 1. The predicted octanol–water partition coefficient (Wildman–Crippen LogP) is 4.90. The fourth-order valence-corrected chi connectivity index (χ4v) is 4.69. The van der Waals surface area contributed by atoms with E-state index in [1.165, 1.54) is 36.6 Å². The molecule has 0 spiro atoms. The van der Waals surface area contributed by atoms with Crippen LogP contribution in [0.15, 0.2) is 46.9 Å². The second-order valence-corrected chi connectivity index (χ2v) is 8.00. The molecule has 0 aliphatic heterocycles. The molecule has 0 amide bonds. The second kappa shape index (κ2) is 7.64. The number of amidine groups is 1. The Balaban J connectivity index is 1.54. The molecule has 3 aromatic rings. The summed E-state index contributed by atoms with van der Waals surface area (Å²) >= 11 is 1.61. The number of H-pyrrole nitrogens is 1. The van der Waals surface area contributed by atoms with Crippen LogP contribution in [0.4, 0.5) is 5.69 Å². The summed E-state index contributed by atoms with van der Waals surface area (Å²) in [5.41, 5.74) is 9.62. The summed E-state index contributed by atoms with van der Waals surface area (Å²) < 4.78 is 0. The Kier molecular flexibility index (Phi) is 5.09. The zero-order valence-electron chi connectivity index (χ0n) is 15.2. The van der Waals surface area contributed by atoms with E-state index in [2.05, 4.69) is 46.6 Å². The van der Waals surface area contributed by atoms with Crippen molar-refractivity contribution < 1.29 is 0 Å². The van der Waals surface area contributed by atoms with Gasteiger partial charge in [-0.3, -0.25) is 0 Å². The van der Waals surface area contributed by atoms with E-state index in [9.17, 15) is 0 Å². The first kappa shape index (κ1) is 17.3. The van der Waals surface area contributed by atoms with Gasteiger partial charge in [-0.15, -0.1) is 11.3 Å². The largest absolute Gasteiger partial charge is 0.383 e. The minimum Gasteiger partial charge on any atom is -0.383 e. The standard InChI is InChI=1S/C21H26N4S/c1-2-23-15-7-5-14(6-8-15)18-13-24-19-12-16(9-10-17(18)19)25-21(22)20-4-3-11-26-20/h3-4,9-15,23-24H,2,5-8H2,1H3,(H2,22,25). The lowest BCUT2D eigenvalue weighted by Crippen LogP contribution is -2.32. The van der Waals surface area contributed by atoms with E-state index in [-0.39, 0.29) is 0 Å². The van der Waals surface area contributed by atoms with Crippen molar-refractivity contribution in [3.63, 3.8) is 0 Å². The van der Waals surface area contributed by atoms with Crippen LogP contribution in [0.2, 0.25) is 0 Å². The summed E-state index contributed by atoms with van der Waals surface area (Å²) in [4.78, 5) is 9.04. The highest BCUT2D eigenvalue weighted by Gasteiger charge is 2.23. The van der Waals surface area contributed by atoms with Crippen molar-refractivity contribution in [2.45, 2.75) is 44.6 Å². The highest BCUT2D eigenvalue weighted by atomic mass is 32.1. The van der Waals surface area contributed by atoms with Crippen molar-refractivity contribution in [2.75, 3.05) is 6.54 Å². The number of hydrogen-bond acceptors (Lipinski definition) is 3. The molecule has 136 valence electrons. The van der Waals surface area contributed by atoms with Crippen molar-refractivity contribution in [2.24, 2.45) is 10.7 Å². The van der Waals surface area contributed by atoms with Crippen LogP contribution >= 0.6 is 11.3 Å². The summed E-state index contributed by atoms with van der Waals surface area (Å²) in [6.07, 6.45) is 7.25. The maximum absolute atomic E-state index is 6.12. The molecule has 5 heteroatoms. The smallest absolute Gasteiger partial charge is 0.141 e. The number of aromatic nitrogens is 1. The van der Waals surface area contributed by atoms with Gasteiger partial charge in [-0.25, -0.2) is 4.99 Å². The number of nitrogens with one attached hydrogen (secondary N) is 2. The lowest BCUT2D eigenvalue weighted by Gasteiger charge is -2.28. The molecule has 1 fully saturated rings. The van der Waals surface area contributed by atoms with Crippen LogP contribution in [-0.4, -0.2) is 23.4 Å². The molecule has 0 saturated heterocycles. The van der Waals surface area contributed by atoms with Gasteiger partial charge in [0.05, 0.1) is 10.6 Å². The van der Waals surface area contributed by atoms with E-state index in [4.69, 9.17) is 5.73 Å². The predicted molar refractivity (Wildman–Crippen MR) is 112 cm³/mol. The number of benzene rings is 1. The van der Waals surface area contributed by atoms with E-state index in [1.807, 2.05) is 17.5 Å². The van der Waals surface area contributed by atoms with Gasteiger partial charge in [-0.05, 0) is 67.3 Å². The fraction of sp³-hybridized carbons (Fsp3) is 0.381. The highest BCUT2D eigenvalue weighted by molar-refractivity contribution is 7.12. The van der Waals surface area contributed by atoms with Crippen molar-refractivity contribution >= 4 is 33.8 Å². The second-order valence-electron chi connectivity index (χ2n) is 7.05. The van der Waals surface area contributed by atoms with Crippen LogP contribution in [0.3, 0.4) is 0 Å². The molecule has 4 rings (SSSR count). The van der Waals surface area contributed by atoms with Gasteiger partial charge in [0.15, 0.2) is 0 Å². The molecule has 0 atom stereocenters. The number of thiophene rings is 1. The number of aliphatic imine (C=N–C) groups is 1. The fourth-order valence-electron chi connectivity index (χ4n) is 4.06. The Hall–Kier alpha value is -2.11. The molecule has 0 unspecified atom stereocenters. The molecule has 0 radical (unpaired) electrons. The monoisotopic (exact) mass is 366 g/mol. The first-order valence-electron chi connectivity index (χ1n) is 9.47. The third-order valence-electron chi connectivity index (χ3n) is 5.38. The average Bonchev–Trinajstić information content (AvgIpc) is 3.32. The summed E-state index contributed by atoms with van der Waals surface area (Å²) in [6, 6.07) is 11.1. The molecule has 26 heavy (non-hydrogen) atoms. The molecule has 1 aliphatic carbocycles. The topological polar surface area (TPSA) is 66.2 Å². The van der Waals surface area contributed by atoms with Gasteiger partial charge in [-0.1, -0.05) is 19.1 Å². The first-order valence-corrected chi connectivity index (χ1v) is 10.3. The Bertz CT molecular complexity index is 886. The third kappa shape index (κ3) is 3.55. The molecule has 2 heterocycles. The van der Waals surface area contributed by atoms with Gasteiger partial charge in [0.2, 0.25) is 0 Å². The average molecular weight is 367 g/mol. The lowest BCUT2D eigenvalue weighted by atomic mass is 9.81. The number of nitrogens with two attached hydrogens (primary N) is 1. The van der Waals surface area contributed by atoms with Crippen LogP contribution in [0.1, 0.15) is 49.0 Å². The Morgan fingerprint density at radius 1 is 1.27 bits per heavy atom. The molecule has 1 aromatic carbocycles. The van der Waals surface area contributed by atoms with Crippen molar-refractivity contribution in [1.82, 2.24) is 10.3 Å². The summed E-state index contributed by atoms with van der Waals surface area (Å²) in [7, 11) is 0. The Morgan fingerprint density at radius 2 is 2.12 bits per heavy atom. The molecule has 2 aromatic heterocycles. The lowest BCUT2D eigenvalue weighted by molar-refractivity contribution is 0.349. The molecular formula is C21H26N4S. The van der Waals surface area contributed by atoms with Gasteiger partial charge in [0.1, 0.15) is 5.84 Å². The maximum Gasteiger partial charge on any atom is 0.141 e. The highest BCUT2D eigenvalue weighted by Crippen LogP contribution is 2.37. The molecule has 1 aliphatic rings. The van der Waals surface area contributed by atoms with Crippen molar-refractivity contribution in [1.29, 1.82) is 0 Å². The third-order valence-corrected chi connectivity index (χ3v) is 6.27. The van der Waals surface area contributed by atoms with E-state index in [1.54, 1.807) is 11.3 Å². The SMILES string of the molecule is CCNC1CCC(c2c[nH]c3cc(N=C(N)c4cccs4)ccc23)CC1. The minimum absolute atomic E-state index is 0.577. The van der Waals surface area contributed by atoms with Gasteiger partial charge in [0.25, 0.3) is 0 Å². The van der Waals surface area contributed by atoms with E-state index < -0.39 is 0 Å². The van der Waals surface area contributed by atoms with Crippen LogP contribution in [0, 0.1) is 0 Å². The minimum atomic E-state index is 0.577. The number of nitrogens with zero attached hydrogens (tertiary/aromatic N) is 1. The number of hydrogen-bond donors (Lipinski definition) is 3. The van der Waals surface area contributed by atoms with Crippen molar-refractivity contribution in [3.8, 4) is 0 Å². The normalized spacial score (nSPS) is 21.3. The maximum atomic E-state index is 6.12. The zero-order valence-corrected chi connectivity index (χ0v) is 16.0. The van der Waals surface area contributed by atoms with Crippen molar-refractivity contribution in [3.05, 3.63) is 52.3 Å². The number of aromatic amines is 1. The van der Waals surface area contributed by atoms with Gasteiger partial charge in [0, 0.05) is 23.1 Å². The zero-order chi connectivity index (χ0) is 17.9. The quantitative estimate of drug-likeness (QED) is 0.444. The molecule has 1 saturated carbocycles. The van der Waals surface area contributed by atoms with Crippen LogP contribution in [0.25, 0.3) is 10.9 Å². The van der Waals surface area contributed by atoms with Crippen LogP contribution in [0.5, 0.6) is 0 Å². The number of rotatable bonds is 5. The van der Waals surface area contributed by atoms with Crippen LogP contribution < -0.4 is 11.1 Å². The summed E-state index contributed by atoms with van der Waals surface area (Å²) in [5, 5.41) is 6.93. The Morgan fingerprint density at radius 3 is 2.85 bits per heavy atom. The summed E-state index contributed by atoms with van der Waals surface area (Å²) in [5.74, 6) is 1.23. The molecular weight excluding hydrogens is 340 g/mol. The van der Waals surface area contributed by atoms with E-state index in [0.717, 1.165) is 22.6 Å². The van der Waals surface area contributed by atoms with E-state index >= 15 is 0 Å². The van der Waals surface area contributed by atoms with Gasteiger partial charge < -0.3 is 16.0 Å². The molecule has 0 bridgehead atoms. The van der Waals surface area contributed by atoms with Gasteiger partial charge in [-0.2, -0.15) is 0 Å². The molecule has 4 nitrogen and oxygen atoms in total. The molecule has 4 N–H and O–H groups in total.